The summed E-state index contributed by atoms with van der Waals surface area (Å²) >= 11 is 3.36. The van der Waals surface area contributed by atoms with Gasteiger partial charge >= 0.3 is 0 Å². The highest BCUT2D eigenvalue weighted by Gasteiger charge is 2.24. The zero-order valence-corrected chi connectivity index (χ0v) is 16.7. The van der Waals surface area contributed by atoms with Crippen molar-refractivity contribution >= 4 is 33.4 Å². The number of ether oxygens (including phenoxy) is 1. The average Bonchev–Trinajstić information content (AvgIpc) is 2.62. The van der Waals surface area contributed by atoms with Gasteiger partial charge in [-0.3, -0.25) is 9.59 Å². The third kappa shape index (κ3) is 5.59. The van der Waals surface area contributed by atoms with Crippen LogP contribution in [0.5, 0.6) is 5.75 Å². The van der Waals surface area contributed by atoms with E-state index >= 15 is 0 Å². The fourth-order valence-corrected chi connectivity index (χ4v) is 2.65. The van der Waals surface area contributed by atoms with Crippen LogP contribution in [0.1, 0.15) is 31.1 Å². The maximum absolute atomic E-state index is 12.6. The summed E-state index contributed by atoms with van der Waals surface area (Å²) in [6, 6.07) is 13.5. The number of halogens is 1. The molecule has 0 aliphatic carbocycles. The Morgan fingerprint density at radius 2 is 1.65 bits per heavy atom. The van der Waals surface area contributed by atoms with Crippen molar-refractivity contribution < 1.29 is 14.3 Å². The molecule has 0 saturated heterocycles. The molecule has 0 bridgehead atoms. The van der Waals surface area contributed by atoms with E-state index in [4.69, 9.17) is 4.74 Å². The molecule has 6 heteroatoms. The monoisotopic (exact) mass is 418 g/mol. The summed E-state index contributed by atoms with van der Waals surface area (Å²) in [6.07, 6.45) is 0. The highest BCUT2D eigenvalue weighted by atomic mass is 79.9. The predicted molar refractivity (Wildman–Crippen MR) is 106 cm³/mol. The first-order valence-electron chi connectivity index (χ1n) is 8.51. The lowest BCUT2D eigenvalue weighted by molar-refractivity contribution is -0.118. The smallest absolute Gasteiger partial charge is 0.251 e. The lowest BCUT2D eigenvalue weighted by Crippen LogP contribution is -2.47. The van der Waals surface area contributed by atoms with Crippen LogP contribution in [0.4, 0.5) is 5.69 Å². The standard InChI is InChI=1S/C20H23BrN2O3/c1-4-26-17-11-5-14(6-12-17)19(24)23-18(13(2)3)20(25)22-16-9-7-15(21)8-10-16/h5-13,18H,4H2,1-3H3,(H,22,25)(H,23,24)/t18-/m0/s1. The van der Waals surface area contributed by atoms with Gasteiger partial charge in [0.15, 0.2) is 0 Å². The second-order valence-electron chi connectivity index (χ2n) is 6.15. The number of nitrogens with one attached hydrogen (secondary N) is 2. The normalized spacial score (nSPS) is 11.7. The zero-order valence-electron chi connectivity index (χ0n) is 15.1. The summed E-state index contributed by atoms with van der Waals surface area (Å²) in [7, 11) is 0. The molecule has 2 N–H and O–H groups in total. The van der Waals surface area contributed by atoms with Gasteiger partial charge in [0.2, 0.25) is 5.91 Å². The summed E-state index contributed by atoms with van der Waals surface area (Å²) in [5.41, 5.74) is 1.16. The van der Waals surface area contributed by atoms with Crippen molar-refractivity contribution in [2.75, 3.05) is 11.9 Å². The Bertz CT molecular complexity index is 743. The number of anilines is 1. The van der Waals surface area contributed by atoms with Crippen molar-refractivity contribution in [3.8, 4) is 5.75 Å². The molecule has 0 radical (unpaired) electrons. The van der Waals surface area contributed by atoms with E-state index < -0.39 is 6.04 Å². The van der Waals surface area contributed by atoms with E-state index in [9.17, 15) is 9.59 Å². The lowest BCUT2D eigenvalue weighted by atomic mass is 10.0. The van der Waals surface area contributed by atoms with Crippen LogP contribution in [0, 0.1) is 5.92 Å². The Morgan fingerprint density at radius 3 is 2.19 bits per heavy atom. The van der Waals surface area contributed by atoms with Crippen LogP contribution < -0.4 is 15.4 Å². The summed E-state index contributed by atoms with van der Waals surface area (Å²) in [5, 5.41) is 5.65. The minimum absolute atomic E-state index is 0.0582. The third-order valence-corrected chi connectivity index (χ3v) is 4.30. The van der Waals surface area contributed by atoms with E-state index in [1.54, 1.807) is 36.4 Å². The molecule has 0 aliphatic rings. The first-order chi connectivity index (χ1) is 12.4. The van der Waals surface area contributed by atoms with Gasteiger partial charge in [-0.15, -0.1) is 0 Å². The summed E-state index contributed by atoms with van der Waals surface area (Å²) in [4.78, 5) is 25.1. The number of benzene rings is 2. The van der Waals surface area contributed by atoms with Crippen molar-refractivity contribution in [3.63, 3.8) is 0 Å². The van der Waals surface area contributed by atoms with E-state index in [1.165, 1.54) is 0 Å². The molecular weight excluding hydrogens is 396 g/mol. The highest BCUT2D eigenvalue weighted by Crippen LogP contribution is 2.16. The van der Waals surface area contributed by atoms with Crippen molar-refractivity contribution in [3.05, 3.63) is 58.6 Å². The largest absolute Gasteiger partial charge is 0.494 e. The molecule has 1 atom stereocenters. The van der Waals surface area contributed by atoms with Gasteiger partial charge in [0.1, 0.15) is 11.8 Å². The SMILES string of the molecule is CCOc1ccc(C(=O)N[C@H](C(=O)Nc2ccc(Br)cc2)C(C)C)cc1. The van der Waals surface area contributed by atoms with Gasteiger partial charge in [0.25, 0.3) is 5.91 Å². The number of amides is 2. The quantitative estimate of drug-likeness (QED) is 0.706. The molecule has 0 spiro atoms. The molecule has 0 fully saturated rings. The number of hydrogen-bond acceptors (Lipinski definition) is 3. The number of carbonyl (C=O) groups is 2. The number of rotatable bonds is 7. The molecule has 5 nitrogen and oxygen atoms in total. The van der Waals surface area contributed by atoms with Gasteiger partial charge in [0.05, 0.1) is 6.61 Å². The zero-order chi connectivity index (χ0) is 19.1. The Labute approximate surface area is 162 Å². The molecule has 0 aromatic heterocycles. The molecule has 2 aromatic carbocycles. The Balaban J connectivity index is 2.05. The molecule has 0 aliphatic heterocycles. The highest BCUT2D eigenvalue weighted by molar-refractivity contribution is 9.10. The van der Waals surface area contributed by atoms with E-state index in [-0.39, 0.29) is 17.7 Å². The second-order valence-corrected chi connectivity index (χ2v) is 7.06. The minimum Gasteiger partial charge on any atom is -0.494 e. The molecule has 26 heavy (non-hydrogen) atoms. The third-order valence-electron chi connectivity index (χ3n) is 3.78. The van der Waals surface area contributed by atoms with Crippen molar-refractivity contribution in [2.24, 2.45) is 5.92 Å². The average molecular weight is 419 g/mol. The van der Waals surface area contributed by atoms with Crippen LogP contribution in [0.2, 0.25) is 0 Å². The molecule has 2 amide bonds. The summed E-state index contributed by atoms with van der Waals surface area (Å²) in [6.45, 7) is 6.25. The van der Waals surface area contributed by atoms with Crippen LogP contribution in [0.3, 0.4) is 0 Å². The van der Waals surface area contributed by atoms with Gasteiger partial charge in [-0.2, -0.15) is 0 Å². The lowest BCUT2D eigenvalue weighted by Gasteiger charge is -2.22. The molecule has 138 valence electrons. The molecule has 2 rings (SSSR count). The van der Waals surface area contributed by atoms with E-state index in [0.29, 0.717) is 23.6 Å². The second kappa shape index (κ2) is 9.38. The first-order valence-corrected chi connectivity index (χ1v) is 9.30. The minimum atomic E-state index is -0.641. The van der Waals surface area contributed by atoms with Gasteiger partial charge in [-0.25, -0.2) is 0 Å². The topological polar surface area (TPSA) is 67.4 Å². The van der Waals surface area contributed by atoms with Crippen molar-refractivity contribution in [1.29, 1.82) is 0 Å². The fourth-order valence-electron chi connectivity index (χ4n) is 2.38. The molecule has 0 unspecified atom stereocenters. The Morgan fingerprint density at radius 1 is 1.04 bits per heavy atom. The number of hydrogen-bond donors (Lipinski definition) is 2. The van der Waals surface area contributed by atoms with Crippen LogP contribution >= 0.6 is 15.9 Å². The van der Waals surface area contributed by atoms with Crippen LogP contribution in [-0.4, -0.2) is 24.5 Å². The van der Waals surface area contributed by atoms with Gasteiger partial charge in [-0.1, -0.05) is 29.8 Å². The summed E-state index contributed by atoms with van der Waals surface area (Å²) < 4.78 is 6.30. The molecular formula is C20H23BrN2O3. The number of carbonyl (C=O) groups excluding carboxylic acids is 2. The van der Waals surface area contributed by atoms with Crippen molar-refractivity contribution in [1.82, 2.24) is 5.32 Å². The van der Waals surface area contributed by atoms with E-state index in [0.717, 1.165) is 4.47 Å². The van der Waals surface area contributed by atoms with Crippen molar-refractivity contribution in [2.45, 2.75) is 26.8 Å². The maximum atomic E-state index is 12.6. The van der Waals surface area contributed by atoms with Crippen LogP contribution in [-0.2, 0) is 4.79 Å². The van der Waals surface area contributed by atoms with Gasteiger partial charge in [-0.05, 0) is 61.4 Å². The Kier molecular flexibility index (Phi) is 7.21. The molecule has 2 aromatic rings. The van der Waals surface area contributed by atoms with Gasteiger partial charge in [0, 0.05) is 15.7 Å². The maximum Gasteiger partial charge on any atom is 0.251 e. The first kappa shape index (κ1) is 20.0. The summed E-state index contributed by atoms with van der Waals surface area (Å²) in [5.74, 6) is 0.105. The Hall–Kier alpha value is -2.34. The van der Waals surface area contributed by atoms with E-state index in [2.05, 4.69) is 26.6 Å². The predicted octanol–water partition coefficient (Wildman–Crippen LogP) is 4.24. The molecule has 0 saturated carbocycles. The fraction of sp³-hybridized carbons (Fsp3) is 0.300. The molecule has 0 heterocycles. The van der Waals surface area contributed by atoms with Crippen LogP contribution in [0.15, 0.2) is 53.0 Å². The van der Waals surface area contributed by atoms with E-state index in [1.807, 2.05) is 32.9 Å². The van der Waals surface area contributed by atoms with Gasteiger partial charge < -0.3 is 15.4 Å². The van der Waals surface area contributed by atoms with Crippen LogP contribution in [0.25, 0.3) is 0 Å².